The van der Waals surface area contributed by atoms with E-state index in [2.05, 4.69) is 20.2 Å². The van der Waals surface area contributed by atoms with E-state index in [0.29, 0.717) is 22.6 Å². The van der Waals surface area contributed by atoms with E-state index < -0.39 is 12.1 Å². The first-order valence-electron chi connectivity index (χ1n) is 9.83. The number of nitrogens with zero attached hydrogens (tertiary/aromatic N) is 5. The number of ether oxygens (including phenoxy) is 1. The molecule has 1 atom stereocenters. The van der Waals surface area contributed by atoms with Crippen LogP contribution in [0.4, 0.5) is 0 Å². The van der Waals surface area contributed by atoms with E-state index in [1.807, 2.05) is 53.9 Å². The Hall–Kier alpha value is -4.11. The van der Waals surface area contributed by atoms with E-state index in [1.54, 1.807) is 36.3 Å². The Morgan fingerprint density at radius 2 is 2.00 bits per heavy atom. The second kappa shape index (κ2) is 8.56. The van der Waals surface area contributed by atoms with E-state index in [4.69, 9.17) is 9.26 Å². The maximum atomic E-state index is 13.1. The van der Waals surface area contributed by atoms with Crippen LogP contribution in [0.5, 0.6) is 0 Å². The molecule has 5 aromatic rings. The van der Waals surface area contributed by atoms with Crippen molar-refractivity contribution in [1.82, 2.24) is 24.9 Å². The minimum absolute atomic E-state index is 0.199. The van der Waals surface area contributed by atoms with Crippen molar-refractivity contribution < 1.29 is 14.1 Å². The molecule has 0 fully saturated rings. The molecule has 9 heteroatoms. The molecule has 1 aromatic carbocycles. The molecule has 0 amide bonds. The first-order chi connectivity index (χ1) is 15.7. The van der Waals surface area contributed by atoms with Crippen molar-refractivity contribution in [2.45, 2.75) is 13.0 Å². The molecule has 0 saturated heterocycles. The van der Waals surface area contributed by atoms with Crippen LogP contribution >= 0.6 is 11.3 Å². The van der Waals surface area contributed by atoms with Gasteiger partial charge in [0, 0.05) is 24.2 Å². The predicted octanol–water partition coefficient (Wildman–Crippen LogP) is 4.96. The van der Waals surface area contributed by atoms with Gasteiger partial charge in [-0.25, -0.2) is 9.48 Å². The number of carbonyl (C=O) groups excluding carboxylic acids is 1. The number of esters is 1. The predicted molar refractivity (Wildman–Crippen MR) is 118 cm³/mol. The molecular weight excluding hydrogens is 426 g/mol. The summed E-state index contributed by atoms with van der Waals surface area (Å²) < 4.78 is 12.6. The zero-order chi connectivity index (χ0) is 21.9. The lowest BCUT2D eigenvalue weighted by Gasteiger charge is -2.08. The van der Waals surface area contributed by atoms with Crippen molar-refractivity contribution in [2.24, 2.45) is 0 Å². The number of aromatic nitrogens is 5. The average Bonchev–Trinajstić information content (AvgIpc) is 3.60. The Morgan fingerprint density at radius 3 is 2.75 bits per heavy atom. The number of benzene rings is 1. The fraction of sp³-hybridized carbons (Fsp3) is 0.0870. The number of thiophene rings is 1. The van der Waals surface area contributed by atoms with E-state index in [9.17, 15) is 4.79 Å². The number of rotatable bonds is 6. The number of carbonyl (C=O) groups is 1. The van der Waals surface area contributed by atoms with Crippen LogP contribution < -0.4 is 0 Å². The summed E-state index contributed by atoms with van der Waals surface area (Å²) in [6.07, 6.45) is 4.23. The second-order valence-corrected chi connectivity index (χ2v) is 7.84. The van der Waals surface area contributed by atoms with Crippen molar-refractivity contribution in [3.8, 4) is 27.6 Å². The summed E-state index contributed by atoms with van der Waals surface area (Å²) in [6.45, 7) is 1.69. The Balaban J connectivity index is 1.42. The Labute approximate surface area is 187 Å². The average molecular weight is 443 g/mol. The maximum absolute atomic E-state index is 13.1. The third-order valence-electron chi connectivity index (χ3n) is 4.70. The normalized spacial score (nSPS) is 11.9. The third-order valence-corrected chi connectivity index (χ3v) is 5.58. The van der Waals surface area contributed by atoms with Gasteiger partial charge in [-0.1, -0.05) is 29.4 Å². The fourth-order valence-corrected chi connectivity index (χ4v) is 3.84. The van der Waals surface area contributed by atoms with Crippen molar-refractivity contribution in [3.05, 3.63) is 90.0 Å². The highest BCUT2D eigenvalue weighted by Gasteiger charge is 2.25. The summed E-state index contributed by atoms with van der Waals surface area (Å²) in [5, 5.41) is 10.5. The molecule has 0 aliphatic rings. The molecule has 0 bridgehead atoms. The van der Waals surface area contributed by atoms with E-state index in [1.165, 1.54) is 11.3 Å². The molecule has 4 aromatic heterocycles. The van der Waals surface area contributed by atoms with Gasteiger partial charge in [0.2, 0.25) is 5.82 Å². The number of pyridine rings is 1. The van der Waals surface area contributed by atoms with Gasteiger partial charge in [0.05, 0.1) is 10.6 Å². The molecule has 0 N–H and O–H groups in total. The number of hydrogen-bond acceptors (Lipinski definition) is 8. The SMILES string of the molecule is CC(OC(=O)c1cn(-c2ccccc2)nc1-c1cccs1)c1nc(-c2cccnc2)no1. The van der Waals surface area contributed by atoms with Crippen molar-refractivity contribution in [1.29, 1.82) is 0 Å². The Morgan fingerprint density at radius 1 is 1.12 bits per heavy atom. The summed E-state index contributed by atoms with van der Waals surface area (Å²) >= 11 is 1.50. The van der Waals surface area contributed by atoms with Crippen molar-refractivity contribution in [3.63, 3.8) is 0 Å². The van der Waals surface area contributed by atoms with E-state index in [-0.39, 0.29) is 5.89 Å². The molecule has 0 radical (unpaired) electrons. The van der Waals surface area contributed by atoms with Crippen LogP contribution in [0.2, 0.25) is 0 Å². The number of hydrogen-bond donors (Lipinski definition) is 0. The molecule has 0 aliphatic carbocycles. The van der Waals surface area contributed by atoms with Crippen molar-refractivity contribution in [2.75, 3.05) is 0 Å². The first kappa shape index (κ1) is 19.8. The van der Waals surface area contributed by atoms with Gasteiger partial charge in [0.25, 0.3) is 5.89 Å². The molecule has 8 nitrogen and oxygen atoms in total. The van der Waals surface area contributed by atoms with Gasteiger partial charge in [0.1, 0.15) is 11.3 Å². The topological polar surface area (TPSA) is 95.9 Å². The highest BCUT2D eigenvalue weighted by atomic mass is 32.1. The van der Waals surface area contributed by atoms with Crippen LogP contribution in [-0.4, -0.2) is 30.9 Å². The molecule has 0 saturated carbocycles. The van der Waals surface area contributed by atoms with Crippen molar-refractivity contribution >= 4 is 17.3 Å². The molecule has 0 spiro atoms. The van der Waals surface area contributed by atoms with Gasteiger partial charge in [0.15, 0.2) is 6.10 Å². The highest BCUT2D eigenvalue weighted by Crippen LogP contribution is 2.30. The lowest BCUT2D eigenvalue weighted by molar-refractivity contribution is 0.0266. The molecule has 32 heavy (non-hydrogen) atoms. The standard InChI is InChI=1S/C23H17N5O3S/c1-15(22-25-21(27-31-22)16-7-5-11-24-13-16)30-23(29)18-14-28(17-8-3-2-4-9-17)26-20(18)19-10-6-12-32-19/h2-15H,1H3. The van der Waals surface area contributed by atoms with Gasteiger partial charge >= 0.3 is 5.97 Å². The summed E-state index contributed by atoms with van der Waals surface area (Å²) in [4.78, 5) is 22.4. The van der Waals surface area contributed by atoms with Gasteiger partial charge in [-0.05, 0) is 42.6 Å². The van der Waals surface area contributed by atoms with Crippen LogP contribution in [0, 0.1) is 0 Å². The molecule has 158 valence electrons. The van der Waals surface area contributed by atoms with Crippen LogP contribution in [0.3, 0.4) is 0 Å². The minimum Gasteiger partial charge on any atom is -0.449 e. The minimum atomic E-state index is -0.739. The first-order valence-corrected chi connectivity index (χ1v) is 10.7. The summed E-state index contributed by atoms with van der Waals surface area (Å²) in [6, 6.07) is 17.0. The third kappa shape index (κ3) is 3.93. The Kier molecular flexibility index (Phi) is 5.30. The second-order valence-electron chi connectivity index (χ2n) is 6.89. The van der Waals surface area contributed by atoms with Crippen LogP contribution in [-0.2, 0) is 4.74 Å². The quantitative estimate of drug-likeness (QED) is 0.342. The smallest absolute Gasteiger partial charge is 0.342 e. The molecular formula is C23H17N5O3S. The van der Waals surface area contributed by atoms with Crippen LogP contribution in [0.25, 0.3) is 27.6 Å². The zero-order valence-corrected chi connectivity index (χ0v) is 17.8. The number of para-hydroxylation sites is 1. The molecule has 1 unspecified atom stereocenters. The highest BCUT2D eigenvalue weighted by molar-refractivity contribution is 7.13. The largest absolute Gasteiger partial charge is 0.449 e. The van der Waals surface area contributed by atoms with E-state index in [0.717, 1.165) is 10.6 Å². The lowest BCUT2D eigenvalue weighted by Crippen LogP contribution is -2.10. The molecule has 0 aliphatic heterocycles. The molecule has 5 rings (SSSR count). The van der Waals surface area contributed by atoms with Gasteiger partial charge in [-0.3, -0.25) is 4.98 Å². The summed E-state index contributed by atoms with van der Waals surface area (Å²) in [5.74, 6) is 0.0571. The maximum Gasteiger partial charge on any atom is 0.342 e. The zero-order valence-electron chi connectivity index (χ0n) is 17.0. The lowest BCUT2D eigenvalue weighted by atomic mass is 10.2. The van der Waals surface area contributed by atoms with Gasteiger partial charge < -0.3 is 9.26 Å². The van der Waals surface area contributed by atoms with Gasteiger partial charge in [-0.2, -0.15) is 10.1 Å². The van der Waals surface area contributed by atoms with Gasteiger partial charge in [-0.15, -0.1) is 11.3 Å². The fourth-order valence-electron chi connectivity index (χ4n) is 3.12. The Bertz CT molecular complexity index is 1330. The van der Waals surface area contributed by atoms with Crippen LogP contribution in [0.1, 0.15) is 29.3 Å². The molecule has 4 heterocycles. The summed E-state index contributed by atoms with van der Waals surface area (Å²) in [5.41, 5.74) is 2.47. The summed E-state index contributed by atoms with van der Waals surface area (Å²) in [7, 11) is 0. The monoisotopic (exact) mass is 443 g/mol. The van der Waals surface area contributed by atoms with E-state index >= 15 is 0 Å². The van der Waals surface area contributed by atoms with Crippen LogP contribution in [0.15, 0.2) is 83.1 Å².